The Balaban J connectivity index is 3.25. The van der Waals surface area contributed by atoms with Crippen LogP contribution in [0.4, 0.5) is 11.4 Å². The van der Waals surface area contributed by atoms with Crippen molar-refractivity contribution in [1.82, 2.24) is 4.90 Å². The molecule has 0 unspecified atom stereocenters. The molecule has 98 valence electrons. The Morgan fingerprint density at radius 2 is 2.11 bits per heavy atom. The second-order valence-electron chi connectivity index (χ2n) is 4.14. The van der Waals surface area contributed by atoms with Gasteiger partial charge in [0.05, 0.1) is 4.92 Å². The van der Waals surface area contributed by atoms with Crippen LogP contribution in [0, 0.1) is 10.1 Å². The number of anilines is 1. The van der Waals surface area contributed by atoms with Crippen LogP contribution in [0.3, 0.4) is 0 Å². The Morgan fingerprint density at radius 1 is 1.50 bits per heavy atom. The molecule has 6 nitrogen and oxygen atoms in total. The van der Waals surface area contributed by atoms with Crippen molar-refractivity contribution in [2.24, 2.45) is 0 Å². The zero-order chi connectivity index (χ0) is 13.9. The molecule has 0 aromatic heterocycles. The van der Waals surface area contributed by atoms with Gasteiger partial charge in [-0.25, -0.2) is 0 Å². The molecule has 1 aromatic rings. The van der Waals surface area contributed by atoms with Crippen molar-refractivity contribution in [2.75, 3.05) is 19.4 Å². The molecule has 7 heteroatoms. The first kappa shape index (κ1) is 14.6. The topological polar surface area (TPSA) is 75.5 Å². The summed E-state index contributed by atoms with van der Waals surface area (Å²) in [6.07, 6.45) is 0. The van der Waals surface area contributed by atoms with E-state index in [1.165, 1.54) is 13.0 Å². The van der Waals surface area contributed by atoms with E-state index in [4.69, 9.17) is 0 Å². The molecule has 0 spiro atoms. The second-order valence-corrected chi connectivity index (χ2v) is 4.99. The van der Waals surface area contributed by atoms with Crippen molar-refractivity contribution in [3.63, 3.8) is 0 Å². The maximum absolute atomic E-state index is 11.1. The number of rotatable bonds is 4. The summed E-state index contributed by atoms with van der Waals surface area (Å²) in [7, 11) is 3.79. The molecule has 1 N–H and O–H groups in total. The summed E-state index contributed by atoms with van der Waals surface area (Å²) in [6, 6.07) is 3.02. The fraction of sp³-hybridized carbons (Fsp3) is 0.364. The first-order valence-corrected chi connectivity index (χ1v) is 5.99. The minimum absolute atomic E-state index is 0.125. The number of halogens is 1. The molecule has 0 bridgehead atoms. The van der Waals surface area contributed by atoms with E-state index in [0.717, 1.165) is 5.56 Å². The Bertz CT molecular complexity index is 489. The highest BCUT2D eigenvalue weighted by atomic mass is 79.9. The van der Waals surface area contributed by atoms with Gasteiger partial charge in [-0.2, -0.15) is 0 Å². The summed E-state index contributed by atoms with van der Waals surface area (Å²) in [6.45, 7) is 1.93. The lowest BCUT2D eigenvalue weighted by molar-refractivity contribution is -0.384. The van der Waals surface area contributed by atoms with Crippen LogP contribution in [0.2, 0.25) is 0 Å². The van der Waals surface area contributed by atoms with Gasteiger partial charge in [0.2, 0.25) is 5.91 Å². The van der Waals surface area contributed by atoms with Crippen molar-refractivity contribution >= 4 is 33.2 Å². The molecule has 0 aliphatic rings. The molecule has 1 amide bonds. The molecule has 1 aromatic carbocycles. The van der Waals surface area contributed by atoms with Gasteiger partial charge in [0.1, 0.15) is 5.69 Å². The number of nitro benzene ring substituents is 1. The van der Waals surface area contributed by atoms with Gasteiger partial charge in [-0.15, -0.1) is 0 Å². The SMILES string of the molecule is CC(=O)Nc1cc(CN(C)C)c(Br)cc1[N+](=O)[O-]. The van der Waals surface area contributed by atoms with Gasteiger partial charge in [0, 0.05) is 24.0 Å². The van der Waals surface area contributed by atoms with Gasteiger partial charge in [0.25, 0.3) is 5.69 Å². The zero-order valence-corrected chi connectivity index (χ0v) is 11.9. The predicted molar refractivity (Wildman–Crippen MR) is 72.5 cm³/mol. The van der Waals surface area contributed by atoms with Crippen molar-refractivity contribution < 1.29 is 9.72 Å². The smallest absolute Gasteiger partial charge is 0.293 e. The number of nitro groups is 1. The summed E-state index contributed by atoms with van der Waals surface area (Å²) >= 11 is 3.30. The molecular weight excluding hydrogens is 302 g/mol. The van der Waals surface area contributed by atoms with Gasteiger partial charge in [0.15, 0.2) is 0 Å². The summed E-state index contributed by atoms with van der Waals surface area (Å²) in [4.78, 5) is 23.4. The average Bonchev–Trinajstić information content (AvgIpc) is 2.20. The monoisotopic (exact) mass is 315 g/mol. The minimum Gasteiger partial charge on any atom is -0.321 e. The normalized spacial score (nSPS) is 10.5. The van der Waals surface area contributed by atoms with E-state index in [2.05, 4.69) is 21.2 Å². The number of carbonyl (C=O) groups excluding carboxylic acids is 1. The van der Waals surface area contributed by atoms with Crippen LogP contribution >= 0.6 is 15.9 Å². The molecule has 1 rings (SSSR count). The van der Waals surface area contributed by atoms with Crippen LogP contribution in [0.15, 0.2) is 16.6 Å². The van der Waals surface area contributed by atoms with Crippen LogP contribution < -0.4 is 5.32 Å². The van der Waals surface area contributed by atoms with Gasteiger partial charge in [-0.05, 0) is 25.7 Å². The van der Waals surface area contributed by atoms with Gasteiger partial charge >= 0.3 is 0 Å². The average molecular weight is 316 g/mol. The Morgan fingerprint density at radius 3 is 2.56 bits per heavy atom. The van der Waals surface area contributed by atoms with Crippen molar-refractivity contribution in [3.8, 4) is 0 Å². The van der Waals surface area contributed by atoms with Gasteiger partial charge in [-0.3, -0.25) is 14.9 Å². The fourth-order valence-electron chi connectivity index (χ4n) is 1.51. The number of benzene rings is 1. The van der Waals surface area contributed by atoms with Gasteiger partial charge < -0.3 is 10.2 Å². The first-order chi connectivity index (χ1) is 8.31. The van der Waals surface area contributed by atoms with E-state index in [-0.39, 0.29) is 17.3 Å². The second kappa shape index (κ2) is 5.92. The molecule has 0 saturated carbocycles. The third-order valence-electron chi connectivity index (χ3n) is 2.16. The highest BCUT2D eigenvalue weighted by molar-refractivity contribution is 9.10. The number of hydrogen-bond donors (Lipinski definition) is 1. The summed E-state index contributed by atoms with van der Waals surface area (Å²) in [5, 5.41) is 13.4. The highest BCUT2D eigenvalue weighted by Crippen LogP contribution is 2.32. The molecule has 0 aliphatic heterocycles. The van der Waals surface area contributed by atoms with E-state index < -0.39 is 4.92 Å². The first-order valence-electron chi connectivity index (χ1n) is 5.20. The minimum atomic E-state index is -0.518. The predicted octanol–water partition coefficient (Wildman–Crippen LogP) is 2.38. The molecule has 0 heterocycles. The summed E-state index contributed by atoms with van der Waals surface area (Å²) in [5.41, 5.74) is 0.960. The fourth-order valence-corrected chi connectivity index (χ4v) is 1.97. The highest BCUT2D eigenvalue weighted by Gasteiger charge is 2.18. The van der Waals surface area contributed by atoms with Crippen LogP contribution in [0.1, 0.15) is 12.5 Å². The number of carbonyl (C=O) groups is 1. The third-order valence-corrected chi connectivity index (χ3v) is 2.90. The lowest BCUT2D eigenvalue weighted by Crippen LogP contribution is -2.13. The number of amides is 1. The third kappa shape index (κ3) is 3.78. The quantitative estimate of drug-likeness (QED) is 0.683. The van der Waals surface area contributed by atoms with E-state index in [1.54, 1.807) is 6.07 Å². The van der Waals surface area contributed by atoms with E-state index in [1.807, 2.05) is 19.0 Å². The number of hydrogen-bond acceptors (Lipinski definition) is 4. The number of nitrogens with zero attached hydrogens (tertiary/aromatic N) is 2. The van der Waals surface area contributed by atoms with Crippen LogP contribution in [0.5, 0.6) is 0 Å². The van der Waals surface area contributed by atoms with E-state index in [0.29, 0.717) is 11.0 Å². The Kier molecular flexibility index (Phi) is 4.80. The van der Waals surface area contributed by atoms with E-state index in [9.17, 15) is 14.9 Å². The van der Waals surface area contributed by atoms with Crippen LogP contribution in [-0.4, -0.2) is 29.8 Å². The summed E-state index contributed by atoms with van der Waals surface area (Å²) < 4.78 is 0.650. The molecule has 0 saturated heterocycles. The maximum atomic E-state index is 11.1. The van der Waals surface area contributed by atoms with E-state index >= 15 is 0 Å². The largest absolute Gasteiger partial charge is 0.321 e. The molecule has 0 fully saturated rings. The molecule has 0 atom stereocenters. The van der Waals surface area contributed by atoms with Gasteiger partial charge in [-0.1, -0.05) is 15.9 Å². The van der Waals surface area contributed by atoms with Crippen molar-refractivity contribution in [1.29, 1.82) is 0 Å². The van der Waals surface area contributed by atoms with Crippen molar-refractivity contribution in [2.45, 2.75) is 13.5 Å². The van der Waals surface area contributed by atoms with Crippen molar-refractivity contribution in [3.05, 3.63) is 32.3 Å². The zero-order valence-electron chi connectivity index (χ0n) is 10.4. The maximum Gasteiger partial charge on any atom is 0.293 e. The molecule has 0 radical (unpaired) electrons. The lowest BCUT2D eigenvalue weighted by atomic mass is 10.1. The Labute approximate surface area is 113 Å². The molecular formula is C11H14BrN3O3. The van der Waals surface area contributed by atoms with Crippen LogP contribution in [0.25, 0.3) is 0 Å². The summed E-state index contributed by atoms with van der Waals surface area (Å²) in [5.74, 6) is -0.337. The molecule has 0 aliphatic carbocycles. The molecule has 18 heavy (non-hydrogen) atoms. The lowest BCUT2D eigenvalue weighted by Gasteiger charge is -2.13. The standard InChI is InChI=1S/C11H14BrN3O3/c1-7(16)13-10-4-8(6-14(2)3)9(12)5-11(10)15(17)18/h4-5H,6H2,1-3H3,(H,13,16). The van der Waals surface area contributed by atoms with Crippen LogP contribution in [-0.2, 0) is 11.3 Å². The Hall–Kier alpha value is -1.47. The number of nitrogens with one attached hydrogen (secondary N) is 1.